The topological polar surface area (TPSA) is 201 Å². The Labute approximate surface area is 392 Å². The predicted molar refractivity (Wildman–Crippen MR) is 266 cm³/mol. The lowest BCUT2D eigenvalue weighted by atomic mass is 9.76. The van der Waals surface area contributed by atoms with E-state index in [0.29, 0.717) is 41.9 Å². The summed E-state index contributed by atoms with van der Waals surface area (Å²) in [6, 6.07) is 34.9. The molecule has 2 saturated carbocycles. The van der Waals surface area contributed by atoms with Crippen LogP contribution in [0.2, 0.25) is 0 Å². The van der Waals surface area contributed by atoms with Crippen LogP contribution in [-0.4, -0.2) is 64.5 Å². The molecule has 9 rings (SSSR count). The summed E-state index contributed by atoms with van der Waals surface area (Å²) in [4.78, 5) is 26.8. The van der Waals surface area contributed by atoms with Gasteiger partial charge in [-0.3, -0.25) is 9.59 Å². The van der Waals surface area contributed by atoms with E-state index in [1.54, 1.807) is 9.03 Å². The van der Waals surface area contributed by atoms with Crippen LogP contribution in [0.4, 0.5) is 22.7 Å². The van der Waals surface area contributed by atoms with E-state index in [-0.39, 0.29) is 17.5 Å². The largest absolute Gasteiger partial charge is 0.390 e. The molecule has 0 aliphatic heterocycles. The van der Waals surface area contributed by atoms with E-state index in [4.69, 9.17) is 11.5 Å². The van der Waals surface area contributed by atoms with Gasteiger partial charge in [-0.1, -0.05) is 119 Å². The molecule has 9 N–H and O–H groups in total. The van der Waals surface area contributed by atoms with Crippen LogP contribution in [0.25, 0.3) is 11.0 Å². The Hall–Kier alpha value is -6.90. The Bertz CT molecular complexity index is 2810. The lowest BCUT2D eigenvalue weighted by molar-refractivity contribution is -0.0285. The van der Waals surface area contributed by atoms with Crippen LogP contribution in [-0.2, 0) is 19.6 Å². The molecule has 0 saturated heterocycles. The smallest absolute Gasteiger partial charge is 0.252 e. The molecule has 0 unspecified atom stereocenters. The molecule has 4 atom stereocenters. The molecule has 2 amide bonds. The summed E-state index contributed by atoms with van der Waals surface area (Å²) in [5.41, 5.74) is 18.1. The second kappa shape index (κ2) is 18.4. The van der Waals surface area contributed by atoms with Gasteiger partial charge < -0.3 is 42.5 Å². The first-order chi connectivity index (χ1) is 31.8. The van der Waals surface area contributed by atoms with Gasteiger partial charge in [0.05, 0.1) is 80.9 Å². The molecule has 0 bridgehead atoms. The number of nitrogens with zero attached hydrogens (tertiary/aromatic N) is 5. The molecule has 14 nitrogen and oxygen atoms in total. The number of benzene rings is 3. The number of aromatic nitrogens is 4. The van der Waals surface area contributed by atoms with Gasteiger partial charge in [0.25, 0.3) is 11.8 Å². The van der Waals surface area contributed by atoms with Crippen molar-refractivity contribution in [3.05, 3.63) is 156 Å². The minimum atomic E-state index is -0.809. The molecular formula is C53H64N10O4. The van der Waals surface area contributed by atoms with E-state index in [2.05, 4.69) is 87.4 Å². The minimum Gasteiger partial charge on any atom is -0.390 e. The van der Waals surface area contributed by atoms with Crippen LogP contribution >= 0.6 is 0 Å². The highest BCUT2D eigenvalue weighted by Gasteiger charge is 2.52. The van der Waals surface area contributed by atoms with Gasteiger partial charge in [-0.25, -0.2) is 9.03 Å². The normalized spacial score (nSPS) is 21.7. The summed E-state index contributed by atoms with van der Waals surface area (Å²) in [6.45, 7) is 14.1. The van der Waals surface area contributed by atoms with Crippen molar-refractivity contribution < 1.29 is 19.8 Å². The molecule has 4 heterocycles. The van der Waals surface area contributed by atoms with E-state index in [0.717, 1.165) is 48.3 Å². The monoisotopic (exact) mass is 905 g/mol. The molecule has 3 aromatic carbocycles. The minimum absolute atomic E-state index is 0.00701. The first kappa shape index (κ1) is 46.6. The van der Waals surface area contributed by atoms with Crippen LogP contribution in [0.15, 0.2) is 128 Å². The van der Waals surface area contributed by atoms with Gasteiger partial charge in [0.1, 0.15) is 0 Å². The Morgan fingerprint density at radius 3 is 1.48 bits per heavy atom. The van der Waals surface area contributed by atoms with Gasteiger partial charge in [-0.2, -0.15) is 10.2 Å². The van der Waals surface area contributed by atoms with E-state index >= 15 is 0 Å². The quantitative estimate of drug-likeness (QED) is 0.0556. The molecule has 4 aromatic heterocycles. The number of amides is 2. The highest BCUT2D eigenvalue weighted by atomic mass is 16.3. The van der Waals surface area contributed by atoms with Crippen molar-refractivity contribution in [2.75, 3.05) is 20.9 Å². The average Bonchev–Trinajstić information content (AvgIpc) is 4.03. The van der Waals surface area contributed by atoms with Crippen molar-refractivity contribution in [2.24, 2.45) is 22.3 Å². The SMILES string of the molecule is CC1(C)[C@H](Nc2c(C(N)=O)cnn3cc(N(Cc4ccccc4)Cc4ccccc4)cc23)CC[C@@]1(C)O.CC1(C)[C@H](Nc2c(C(N)=O)cnn3cc(NCc4ccccc4)cc23)CC[C@@]1(C)O. The third-order valence-corrected chi connectivity index (χ3v) is 14.9. The lowest BCUT2D eigenvalue weighted by Crippen LogP contribution is -2.45. The number of carbonyl (C=O) groups is 2. The fourth-order valence-electron chi connectivity index (χ4n) is 9.51. The Balaban J connectivity index is 0.000000186. The van der Waals surface area contributed by atoms with Crippen molar-refractivity contribution in [3.63, 3.8) is 0 Å². The van der Waals surface area contributed by atoms with Crippen molar-refractivity contribution in [1.82, 2.24) is 19.2 Å². The number of aliphatic hydroxyl groups is 2. The summed E-state index contributed by atoms with van der Waals surface area (Å²) in [6.07, 6.45) is 9.87. The van der Waals surface area contributed by atoms with Crippen molar-refractivity contribution in [1.29, 1.82) is 0 Å². The summed E-state index contributed by atoms with van der Waals surface area (Å²) in [5.74, 6) is -1.07. The van der Waals surface area contributed by atoms with Gasteiger partial charge >= 0.3 is 0 Å². The maximum atomic E-state index is 12.4. The van der Waals surface area contributed by atoms with E-state index in [9.17, 15) is 19.8 Å². The van der Waals surface area contributed by atoms with Crippen molar-refractivity contribution in [3.8, 4) is 0 Å². The standard InChI is InChI=1S/C30H35N5O2.C23H29N5O2/c1-29(2)26(14-15-30(29,3)37)33-27-24(28(31)36)17-32-35-20-23(16-25(27)35)34(18-21-10-6-4-7-11-21)19-22-12-8-5-9-13-22;1-22(2)19(9-10-23(22,3)30)27-20-17(21(24)29)13-26-28-14-16(11-18(20)28)25-12-15-7-5-4-6-8-15/h4-13,16-17,20,26,33,37H,14-15,18-19H2,1-3H3,(H2,31,36);4-8,11,13-14,19,25,27,30H,9-10,12H2,1-3H3,(H2,24,29)/t26-,30-;19-,23-/m11/s1. The van der Waals surface area contributed by atoms with Gasteiger partial charge in [0.15, 0.2) is 0 Å². The fraction of sp³-hybridized carbons (Fsp3) is 0.358. The van der Waals surface area contributed by atoms with Gasteiger partial charge in [-0.15, -0.1) is 0 Å². The molecular weight excluding hydrogens is 841 g/mol. The summed E-state index contributed by atoms with van der Waals surface area (Å²) in [5, 5.41) is 41.1. The zero-order valence-corrected chi connectivity index (χ0v) is 39.3. The number of nitrogens with one attached hydrogen (secondary N) is 3. The first-order valence-corrected chi connectivity index (χ1v) is 23.1. The molecule has 0 radical (unpaired) electrons. The number of fused-ring (bicyclic) bond motifs is 2. The summed E-state index contributed by atoms with van der Waals surface area (Å²) < 4.78 is 3.54. The number of hydrogen-bond donors (Lipinski definition) is 7. The highest BCUT2D eigenvalue weighted by molar-refractivity contribution is 6.03. The number of anilines is 4. The third-order valence-electron chi connectivity index (χ3n) is 14.9. The Morgan fingerprint density at radius 1 is 0.642 bits per heavy atom. The first-order valence-electron chi connectivity index (χ1n) is 23.1. The molecule has 2 aliphatic rings. The predicted octanol–water partition coefficient (Wildman–Crippen LogP) is 8.39. The molecule has 67 heavy (non-hydrogen) atoms. The van der Waals surface area contributed by atoms with Crippen molar-refractivity contribution in [2.45, 2.75) is 110 Å². The lowest BCUT2D eigenvalue weighted by Gasteiger charge is -2.38. The fourth-order valence-corrected chi connectivity index (χ4v) is 9.51. The maximum Gasteiger partial charge on any atom is 0.252 e. The number of nitrogens with two attached hydrogens (primary N) is 2. The third kappa shape index (κ3) is 9.54. The number of primary amides is 2. The molecule has 0 spiro atoms. The van der Waals surface area contributed by atoms with Gasteiger partial charge in [-0.05, 0) is 68.4 Å². The summed E-state index contributed by atoms with van der Waals surface area (Å²) >= 11 is 0. The van der Waals surface area contributed by atoms with Crippen LogP contribution in [0.3, 0.4) is 0 Å². The van der Waals surface area contributed by atoms with E-state index < -0.39 is 28.4 Å². The molecule has 2 fully saturated rings. The second-order valence-electron chi connectivity index (χ2n) is 19.8. The highest BCUT2D eigenvalue weighted by Crippen LogP contribution is 2.49. The van der Waals surface area contributed by atoms with Gasteiger partial charge in [0, 0.05) is 42.5 Å². The van der Waals surface area contributed by atoms with Crippen molar-refractivity contribution >= 4 is 45.6 Å². The molecule has 7 aromatic rings. The number of carbonyl (C=O) groups excluding carboxylic acids is 2. The Kier molecular flexibility index (Phi) is 12.8. The van der Waals surface area contributed by atoms with Crippen LogP contribution in [0.1, 0.15) is 105 Å². The average molecular weight is 905 g/mol. The van der Waals surface area contributed by atoms with Crippen LogP contribution in [0.5, 0.6) is 0 Å². The number of hydrogen-bond acceptors (Lipinski definition) is 10. The zero-order chi connectivity index (χ0) is 47.7. The molecule has 2 aliphatic carbocycles. The molecule has 350 valence electrons. The van der Waals surface area contributed by atoms with Gasteiger partial charge in [0.2, 0.25) is 0 Å². The number of rotatable bonds is 14. The van der Waals surface area contributed by atoms with Crippen LogP contribution in [0, 0.1) is 10.8 Å². The van der Waals surface area contributed by atoms with E-state index in [1.807, 2.05) is 101 Å². The summed E-state index contributed by atoms with van der Waals surface area (Å²) in [7, 11) is 0. The maximum absolute atomic E-state index is 12.4. The molecule has 14 heteroatoms. The van der Waals surface area contributed by atoms with E-state index in [1.165, 1.54) is 29.1 Å². The Morgan fingerprint density at radius 2 is 1.06 bits per heavy atom. The zero-order valence-electron chi connectivity index (χ0n) is 39.3. The second-order valence-corrected chi connectivity index (χ2v) is 19.8. The van der Waals surface area contributed by atoms with Crippen LogP contribution < -0.4 is 32.3 Å².